The fraction of sp³-hybridized carbons (Fsp3) is 1.00. The summed E-state index contributed by atoms with van der Waals surface area (Å²) in [6.45, 7) is 4.27. The summed E-state index contributed by atoms with van der Waals surface area (Å²) in [5, 5.41) is 0. The summed E-state index contributed by atoms with van der Waals surface area (Å²) in [5.41, 5.74) is 11.6. The van der Waals surface area contributed by atoms with Gasteiger partial charge in [0.2, 0.25) is 0 Å². The zero-order valence-electron chi connectivity index (χ0n) is 7.14. The molecule has 2 heteroatoms. The molecule has 0 radical (unpaired) electrons. The van der Waals surface area contributed by atoms with Crippen LogP contribution in [0.5, 0.6) is 0 Å². The zero-order chi connectivity index (χ0) is 7.98. The van der Waals surface area contributed by atoms with Crippen LogP contribution in [0.4, 0.5) is 0 Å². The predicted molar refractivity (Wildman–Crippen MR) is 45.8 cm³/mol. The minimum Gasteiger partial charge on any atom is -0.326 e. The molecule has 62 valence electrons. The molecule has 0 amide bonds. The van der Waals surface area contributed by atoms with E-state index >= 15 is 0 Å². The molecule has 4 N–H and O–H groups in total. The van der Waals surface area contributed by atoms with E-state index in [1.165, 1.54) is 0 Å². The summed E-state index contributed by atoms with van der Waals surface area (Å²) in [4.78, 5) is 0. The quantitative estimate of drug-likeness (QED) is 0.610. The fourth-order valence-corrected chi connectivity index (χ4v) is 1.09. The Morgan fingerprint density at radius 2 is 1.20 bits per heavy atom. The molecule has 0 aromatic heterocycles. The highest BCUT2D eigenvalue weighted by molar-refractivity contribution is 4.74. The van der Waals surface area contributed by atoms with Crippen molar-refractivity contribution in [3.8, 4) is 0 Å². The van der Waals surface area contributed by atoms with Crippen LogP contribution >= 0.6 is 0 Å². The average molecular weight is 144 g/mol. The molecule has 0 saturated carbocycles. The highest BCUT2D eigenvalue weighted by Crippen LogP contribution is 2.02. The lowest BCUT2D eigenvalue weighted by Gasteiger charge is -2.17. The molecule has 2 atom stereocenters. The molecule has 0 aliphatic rings. The Labute approximate surface area is 64.0 Å². The van der Waals surface area contributed by atoms with E-state index in [2.05, 4.69) is 13.8 Å². The van der Waals surface area contributed by atoms with E-state index in [0.29, 0.717) is 0 Å². The molecule has 0 aromatic rings. The number of rotatable bonds is 5. The Morgan fingerprint density at radius 3 is 1.40 bits per heavy atom. The topological polar surface area (TPSA) is 52.0 Å². The Kier molecular flexibility index (Phi) is 5.64. The lowest BCUT2D eigenvalue weighted by Crippen LogP contribution is -2.40. The molecule has 0 fully saturated rings. The van der Waals surface area contributed by atoms with Gasteiger partial charge in [0.25, 0.3) is 0 Å². The molecule has 0 heterocycles. The van der Waals surface area contributed by atoms with Gasteiger partial charge >= 0.3 is 0 Å². The van der Waals surface area contributed by atoms with Crippen molar-refractivity contribution in [2.24, 2.45) is 11.5 Å². The Balaban J connectivity index is 3.38. The lowest BCUT2D eigenvalue weighted by atomic mass is 10.0. The van der Waals surface area contributed by atoms with Gasteiger partial charge in [0.05, 0.1) is 0 Å². The molecular formula is C8H20N2. The van der Waals surface area contributed by atoms with Gasteiger partial charge in [0.15, 0.2) is 0 Å². The van der Waals surface area contributed by atoms with Crippen LogP contribution in [-0.4, -0.2) is 12.1 Å². The monoisotopic (exact) mass is 144 g/mol. The van der Waals surface area contributed by atoms with Crippen LogP contribution in [0.15, 0.2) is 0 Å². The van der Waals surface area contributed by atoms with E-state index < -0.39 is 0 Å². The van der Waals surface area contributed by atoms with Crippen LogP contribution in [0.25, 0.3) is 0 Å². The predicted octanol–water partition coefficient (Wildman–Crippen LogP) is 1.24. The highest BCUT2D eigenvalue weighted by atomic mass is 14.8. The second-order valence-electron chi connectivity index (χ2n) is 2.91. The van der Waals surface area contributed by atoms with Gasteiger partial charge in [0.1, 0.15) is 0 Å². The van der Waals surface area contributed by atoms with Crippen molar-refractivity contribution in [3.05, 3.63) is 0 Å². The fourth-order valence-electron chi connectivity index (χ4n) is 1.09. The largest absolute Gasteiger partial charge is 0.326 e. The first-order valence-corrected chi connectivity index (χ1v) is 4.23. The van der Waals surface area contributed by atoms with Crippen LogP contribution in [-0.2, 0) is 0 Å². The average Bonchev–Trinajstić information content (AvgIpc) is 1.89. The Morgan fingerprint density at radius 1 is 0.900 bits per heavy atom. The third-order valence-corrected chi connectivity index (χ3v) is 1.79. The van der Waals surface area contributed by atoms with Crippen molar-refractivity contribution in [1.82, 2.24) is 0 Å². The molecule has 0 aromatic carbocycles. The Hall–Kier alpha value is -0.0800. The highest BCUT2D eigenvalue weighted by Gasteiger charge is 2.09. The van der Waals surface area contributed by atoms with Crippen molar-refractivity contribution < 1.29 is 0 Å². The summed E-state index contributed by atoms with van der Waals surface area (Å²) in [7, 11) is 0. The maximum atomic E-state index is 5.79. The van der Waals surface area contributed by atoms with Crippen molar-refractivity contribution in [2.45, 2.75) is 51.6 Å². The van der Waals surface area contributed by atoms with Crippen molar-refractivity contribution in [3.63, 3.8) is 0 Å². The molecular weight excluding hydrogens is 124 g/mol. The maximum Gasteiger partial charge on any atom is 0.0192 e. The smallest absolute Gasteiger partial charge is 0.0192 e. The van der Waals surface area contributed by atoms with Crippen LogP contribution in [0.3, 0.4) is 0 Å². The summed E-state index contributed by atoms with van der Waals surface area (Å²) >= 11 is 0. The van der Waals surface area contributed by atoms with Gasteiger partial charge in [-0.05, 0) is 12.8 Å². The minimum atomic E-state index is 0.213. The summed E-state index contributed by atoms with van der Waals surface area (Å²) in [6, 6.07) is 0.426. The van der Waals surface area contributed by atoms with E-state index in [4.69, 9.17) is 11.5 Å². The maximum absolute atomic E-state index is 5.79. The lowest BCUT2D eigenvalue weighted by molar-refractivity contribution is 0.462. The zero-order valence-corrected chi connectivity index (χ0v) is 7.14. The summed E-state index contributed by atoms with van der Waals surface area (Å²) in [6.07, 6.45) is 4.39. The number of hydrogen-bond donors (Lipinski definition) is 2. The molecule has 0 rings (SSSR count). The second kappa shape index (κ2) is 5.69. The summed E-state index contributed by atoms with van der Waals surface area (Å²) < 4.78 is 0. The summed E-state index contributed by atoms with van der Waals surface area (Å²) in [5.74, 6) is 0. The molecule has 10 heavy (non-hydrogen) atoms. The first kappa shape index (κ1) is 9.92. The van der Waals surface area contributed by atoms with Gasteiger partial charge < -0.3 is 11.5 Å². The molecule has 0 aliphatic heterocycles. The molecule has 0 spiro atoms. The van der Waals surface area contributed by atoms with Gasteiger partial charge in [-0.3, -0.25) is 0 Å². The van der Waals surface area contributed by atoms with Gasteiger partial charge in [-0.1, -0.05) is 26.7 Å². The third-order valence-electron chi connectivity index (χ3n) is 1.79. The van der Waals surface area contributed by atoms with E-state index in [1.807, 2.05) is 0 Å². The van der Waals surface area contributed by atoms with E-state index in [-0.39, 0.29) is 12.1 Å². The number of nitrogens with two attached hydrogens (primary N) is 2. The van der Waals surface area contributed by atoms with Crippen molar-refractivity contribution in [2.75, 3.05) is 0 Å². The minimum absolute atomic E-state index is 0.213. The van der Waals surface area contributed by atoms with Crippen LogP contribution in [0.1, 0.15) is 39.5 Å². The second-order valence-corrected chi connectivity index (χ2v) is 2.91. The van der Waals surface area contributed by atoms with Crippen molar-refractivity contribution in [1.29, 1.82) is 0 Å². The van der Waals surface area contributed by atoms with E-state index in [0.717, 1.165) is 25.7 Å². The molecule has 0 bridgehead atoms. The molecule has 0 aliphatic carbocycles. The normalized spacial score (nSPS) is 16.8. The van der Waals surface area contributed by atoms with Gasteiger partial charge in [0, 0.05) is 12.1 Å². The van der Waals surface area contributed by atoms with Gasteiger partial charge in [-0.25, -0.2) is 0 Å². The van der Waals surface area contributed by atoms with Gasteiger partial charge in [-0.15, -0.1) is 0 Å². The first-order valence-electron chi connectivity index (χ1n) is 4.23. The first-order chi connectivity index (χ1) is 4.72. The van der Waals surface area contributed by atoms with Crippen molar-refractivity contribution >= 4 is 0 Å². The number of hydrogen-bond acceptors (Lipinski definition) is 2. The third kappa shape index (κ3) is 3.85. The van der Waals surface area contributed by atoms with Crippen LogP contribution in [0.2, 0.25) is 0 Å². The SMILES string of the molecule is CCCC(N)C(N)CCC. The molecule has 0 saturated heterocycles. The standard InChI is InChI=1S/C8H20N2/c1-3-5-7(9)8(10)6-4-2/h7-8H,3-6,9-10H2,1-2H3. The Bertz CT molecular complexity index is 63.7. The van der Waals surface area contributed by atoms with E-state index in [1.54, 1.807) is 0 Å². The van der Waals surface area contributed by atoms with Crippen LogP contribution in [0, 0.1) is 0 Å². The molecule has 2 nitrogen and oxygen atoms in total. The van der Waals surface area contributed by atoms with Gasteiger partial charge in [-0.2, -0.15) is 0 Å². The van der Waals surface area contributed by atoms with Crippen LogP contribution < -0.4 is 11.5 Å². The van der Waals surface area contributed by atoms with E-state index in [9.17, 15) is 0 Å². The molecule has 2 unspecified atom stereocenters.